The van der Waals surface area contributed by atoms with Crippen LogP contribution in [0.1, 0.15) is 55.9 Å². The number of aromatic nitrogens is 3. The summed E-state index contributed by atoms with van der Waals surface area (Å²) >= 11 is 0. The fourth-order valence-electron chi connectivity index (χ4n) is 3.99. The maximum atomic E-state index is 12.8. The van der Waals surface area contributed by atoms with Gasteiger partial charge >= 0.3 is 0 Å². The zero-order chi connectivity index (χ0) is 19.9. The second kappa shape index (κ2) is 9.82. The number of hydrogen-bond acceptors (Lipinski definition) is 4. The van der Waals surface area contributed by atoms with E-state index in [1.54, 1.807) is 0 Å². The first kappa shape index (κ1) is 20.5. The zero-order valence-corrected chi connectivity index (χ0v) is 17.4. The summed E-state index contributed by atoms with van der Waals surface area (Å²) < 4.78 is 1.82. The predicted molar refractivity (Wildman–Crippen MR) is 111 cm³/mol. The Morgan fingerprint density at radius 3 is 2.39 bits per heavy atom. The fourth-order valence-corrected chi connectivity index (χ4v) is 3.99. The minimum absolute atomic E-state index is 0.0725. The van der Waals surface area contributed by atoms with E-state index in [1.165, 1.54) is 31.2 Å². The molecule has 1 aromatic carbocycles. The van der Waals surface area contributed by atoms with Crippen LogP contribution in [-0.2, 0) is 11.3 Å². The number of aryl methyl sites for hydroxylation is 2. The molecule has 1 aliphatic rings. The van der Waals surface area contributed by atoms with E-state index >= 15 is 0 Å². The lowest BCUT2D eigenvalue weighted by Crippen LogP contribution is -2.41. The molecular weight excluding hydrogens is 350 g/mol. The number of rotatable bonds is 7. The van der Waals surface area contributed by atoms with Crippen LogP contribution < -0.4 is 5.32 Å². The highest BCUT2D eigenvalue weighted by molar-refractivity contribution is 5.78. The summed E-state index contributed by atoms with van der Waals surface area (Å²) in [6.45, 7) is 9.15. The second-order valence-electron chi connectivity index (χ2n) is 7.91. The van der Waals surface area contributed by atoms with Crippen molar-refractivity contribution in [3.8, 4) is 0 Å². The predicted octanol–water partition coefficient (Wildman–Crippen LogP) is 3.26. The molecule has 1 aromatic heterocycles. The van der Waals surface area contributed by atoms with E-state index in [2.05, 4.69) is 44.6 Å². The van der Waals surface area contributed by atoms with Crippen molar-refractivity contribution in [2.24, 2.45) is 5.92 Å². The van der Waals surface area contributed by atoms with E-state index in [1.807, 2.05) is 31.5 Å². The van der Waals surface area contributed by atoms with Gasteiger partial charge in [0.15, 0.2) is 0 Å². The Hall–Kier alpha value is -2.21. The number of likely N-dealkylation sites (tertiary alicyclic amines) is 1. The van der Waals surface area contributed by atoms with Crippen LogP contribution in [0.3, 0.4) is 0 Å². The minimum atomic E-state index is -0.152. The van der Waals surface area contributed by atoms with Gasteiger partial charge in [-0.3, -0.25) is 9.69 Å². The number of nitrogens with one attached hydrogen (secondary N) is 1. The highest BCUT2D eigenvalue weighted by Crippen LogP contribution is 2.23. The Labute approximate surface area is 168 Å². The summed E-state index contributed by atoms with van der Waals surface area (Å²) in [6.07, 6.45) is 5.08. The Morgan fingerprint density at radius 2 is 1.79 bits per heavy atom. The largest absolute Gasteiger partial charge is 0.354 e. The lowest BCUT2D eigenvalue weighted by molar-refractivity contribution is -0.125. The average molecular weight is 384 g/mol. The van der Waals surface area contributed by atoms with Gasteiger partial charge in [-0.1, -0.05) is 50.1 Å². The van der Waals surface area contributed by atoms with E-state index in [0.29, 0.717) is 13.1 Å². The third-order valence-electron chi connectivity index (χ3n) is 5.59. The van der Waals surface area contributed by atoms with E-state index in [4.69, 9.17) is 0 Å². The van der Waals surface area contributed by atoms with Crippen LogP contribution in [0.2, 0.25) is 0 Å². The van der Waals surface area contributed by atoms with Gasteiger partial charge in [-0.25, -0.2) is 9.67 Å². The monoisotopic (exact) mass is 383 g/mol. The van der Waals surface area contributed by atoms with E-state index in [0.717, 1.165) is 24.7 Å². The van der Waals surface area contributed by atoms with Crippen LogP contribution in [-0.4, -0.2) is 45.2 Å². The van der Waals surface area contributed by atoms with E-state index < -0.39 is 0 Å². The number of hydrogen-bond donors (Lipinski definition) is 1. The highest BCUT2D eigenvalue weighted by atomic mass is 16.1. The van der Waals surface area contributed by atoms with Crippen LogP contribution >= 0.6 is 0 Å². The van der Waals surface area contributed by atoms with Gasteiger partial charge in [0.05, 0.1) is 18.5 Å². The third kappa shape index (κ3) is 5.41. The normalized spacial score (nSPS) is 17.7. The number of carbonyl (C=O) groups is 1. The molecule has 1 amide bonds. The quantitative estimate of drug-likeness (QED) is 0.797. The fraction of sp³-hybridized carbons (Fsp3) is 0.591. The maximum Gasteiger partial charge on any atom is 0.224 e. The van der Waals surface area contributed by atoms with Gasteiger partial charge in [0, 0.05) is 6.54 Å². The van der Waals surface area contributed by atoms with Crippen molar-refractivity contribution < 1.29 is 4.79 Å². The van der Waals surface area contributed by atoms with Crippen molar-refractivity contribution in [2.45, 2.75) is 59.0 Å². The molecule has 152 valence electrons. The first-order valence-corrected chi connectivity index (χ1v) is 10.5. The molecule has 2 aromatic rings. The van der Waals surface area contributed by atoms with Crippen molar-refractivity contribution in [3.05, 3.63) is 47.5 Å². The Kier molecular flexibility index (Phi) is 7.20. The van der Waals surface area contributed by atoms with Crippen LogP contribution in [0.25, 0.3) is 0 Å². The van der Waals surface area contributed by atoms with Crippen molar-refractivity contribution in [1.82, 2.24) is 25.0 Å². The molecule has 1 N–H and O–H groups in total. The molecular formula is C22H33N5O. The summed E-state index contributed by atoms with van der Waals surface area (Å²) in [5, 5.41) is 7.58. The molecule has 3 rings (SSSR count). The van der Waals surface area contributed by atoms with Crippen molar-refractivity contribution in [2.75, 3.05) is 19.6 Å². The third-order valence-corrected chi connectivity index (χ3v) is 5.59. The van der Waals surface area contributed by atoms with Crippen molar-refractivity contribution >= 4 is 5.91 Å². The highest BCUT2D eigenvalue weighted by Gasteiger charge is 2.23. The lowest BCUT2D eigenvalue weighted by atomic mass is 10.0. The van der Waals surface area contributed by atoms with Crippen LogP contribution in [0.5, 0.6) is 0 Å². The number of nitrogens with zero attached hydrogens (tertiary/aromatic N) is 4. The first-order valence-electron chi connectivity index (χ1n) is 10.5. The number of carbonyl (C=O) groups excluding carboxylic acids is 1. The summed E-state index contributed by atoms with van der Waals surface area (Å²) in [4.78, 5) is 19.6. The van der Waals surface area contributed by atoms with Gasteiger partial charge in [0.1, 0.15) is 11.6 Å². The van der Waals surface area contributed by atoms with Gasteiger partial charge in [0.2, 0.25) is 5.91 Å². The Bertz CT molecular complexity index is 750. The van der Waals surface area contributed by atoms with Crippen molar-refractivity contribution in [3.63, 3.8) is 0 Å². The molecule has 1 aliphatic heterocycles. The summed E-state index contributed by atoms with van der Waals surface area (Å²) in [5.41, 5.74) is 1.28. The van der Waals surface area contributed by atoms with Gasteiger partial charge < -0.3 is 5.32 Å². The molecule has 0 radical (unpaired) electrons. The minimum Gasteiger partial charge on any atom is -0.354 e. The Balaban J connectivity index is 1.63. The molecule has 2 heterocycles. The van der Waals surface area contributed by atoms with Crippen LogP contribution in [0.15, 0.2) is 30.3 Å². The molecule has 0 aliphatic carbocycles. The van der Waals surface area contributed by atoms with Gasteiger partial charge in [-0.05, 0) is 45.3 Å². The van der Waals surface area contributed by atoms with Gasteiger partial charge in [-0.15, -0.1) is 0 Å². The SMILES string of the molecule is Cc1nc(C)n(C[C@H](C)C(=O)NC[C@H](c2ccccc2)N2CCCCCC2)n1. The summed E-state index contributed by atoms with van der Waals surface area (Å²) in [7, 11) is 0. The molecule has 6 nitrogen and oxygen atoms in total. The molecule has 0 spiro atoms. The summed E-state index contributed by atoms with van der Waals surface area (Å²) in [5.74, 6) is 1.52. The number of amides is 1. The molecule has 0 unspecified atom stereocenters. The first-order chi connectivity index (χ1) is 13.5. The number of benzene rings is 1. The topological polar surface area (TPSA) is 63.1 Å². The Morgan fingerprint density at radius 1 is 1.11 bits per heavy atom. The zero-order valence-electron chi connectivity index (χ0n) is 17.4. The van der Waals surface area contributed by atoms with Crippen molar-refractivity contribution in [1.29, 1.82) is 0 Å². The molecule has 1 fully saturated rings. The standard InChI is InChI=1S/C22H33N5O/c1-17(16-27-19(3)24-18(2)25-27)22(28)23-15-21(20-11-7-6-8-12-20)26-13-9-4-5-10-14-26/h6-8,11-12,17,21H,4-5,9-10,13-16H2,1-3H3,(H,23,28)/t17-,21+/m0/s1. The second-order valence-corrected chi connectivity index (χ2v) is 7.91. The molecule has 28 heavy (non-hydrogen) atoms. The maximum absolute atomic E-state index is 12.8. The molecule has 6 heteroatoms. The van der Waals surface area contributed by atoms with Gasteiger partial charge in [-0.2, -0.15) is 5.10 Å². The molecule has 2 atom stereocenters. The van der Waals surface area contributed by atoms with E-state index in [9.17, 15) is 4.79 Å². The lowest BCUT2D eigenvalue weighted by Gasteiger charge is -2.31. The molecule has 0 bridgehead atoms. The smallest absolute Gasteiger partial charge is 0.224 e. The van der Waals surface area contributed by atoms with Gasteiger partial charge in [0.25, 0.3) is 0 Å². The summed E-state index contributed by atoms with van der Waals surface area (Å²) in [6, 6.07) is 10.8. The van der Waals surface area contributed by atoms with E-state index in [-0.39, 0.29) is 17.9 Å². The van der Waals surface area contributed by atoms with Crippen LogP contribution in [0, 0.1) is 19.8 Å². The molecule has 0 saturated carbocycles. The average Bonchev–Trinajstić information content (AvgIpc) is 2.88. The molecule has 1 saturated heterocycles. The van der Waals surface area contributed by atoms with Crippen LogP contribution in [0.4, 0.5) is 0 Å².